The van der Waals surface area contributed by atoms with Crippen LogP contribution in [0, 0.1) is 13.8 Å². The van der Waals surface area contributed by atoms with Crippen LogP contribution in [0.4, 0.5) is 0 Å². The Morgan fingerprint density at radius 2 is 2.07 bits per heavy atom. The number of hydrogen-bond donors (Lipinski definition) is 0. The number of carbonyl (C=O) groups excluding carboxylic acids is 1. The van der Waals surface area contributed by atoms with Gasteiger partial charge in [-0.15, -0.1) is 0 Å². The predicted octanol–water partition coefficient (Wildman–Crippen LogP) is 2.82. The highest BCUT2D eigenvalue weighted by atomic mass is 16.1. The maximum absolute atomic E-state index is 10.8. The highest BCUT2D eigenvalue weighted by Crippen LogP contribution is 2.41. The van der Waals surface area contributed by atoms with Gasteiger partial charge in [0.2, 0.25) is 0 Å². The van der Waals surface area contributed by atoms with Crippen molar-refractivity contribution in [3.63, 3.8) is 0 Å². The zero-order chi connectivity index (χ0) is 10.3. The summed E-state index contributed by atoms with van der Waals surface area (Å²) in [5.41, 5.74) is 3.46. The van der Waals surface area contributed by atoms with E-state index >= 15 is 0 Å². The van der Waals surface area contributed by atoms with Gasteiger partial charge >= 0.3 is 0 Å². The zero-order valence-corrected chi connectivity index (χ0v) is 9.13. The van der Waals surface area contributed by atoms with Crippen LogP contribution in [-0.4, -0.2) is 10.9 Å². The molecule has 0 aromatic carbocycles. The summed E-state index contributed by atoms with van der Waals surface area (Å²) in [5.74, 6) is 0. The second-order valence-corrected chi connectivity index (χ2v) is 4.63. The molecular weight excluding hydrogens is 174 g/mol. The average Bonchev–Trinajstić information content (AvgIpc) is 2.38. The smallest absolute Gasteiger partial charge is 0.151 e. The molecule has 0 aliphatic heterocycles. The minimum atomic E-state index is 0.273. The normalized spacial score (nSPS) is 19.1. The minimum absolute atomic E-state index is 0.273. The van der Waals surface area contributed by atoms with Crippen molar-refractivity contribution in [3.05, 3.63) is 23.0 Å². The number of nitrogens with zero attached hydrogens (tertiary/aromatic N) is 1. The van der Waals surface area contributed by atoms with Crippen molar-refractivity contribution in [2.24, 2.45) is 0 Å². The summed E-state index contributed by atoms with van der Waals surface area (Å²) in [5, 5.41) is 0. The van der Waals surface area contributed by atoms with E-state index < -0.39 is 0 Å². The fourth-order valence-corrected chi connectivity index (χ4v) is 2.65. The van der Waals surface area contributed by atoms with E-state index in [1.807, 2.05) is 13.0 Å². The fraction of sp³-hybridized carbons (Fsp3) is 0.583. The molecule has 0 spiro atoms. The molecule has 1 aliphatic carbocycles. The lowest BCUT2D eigenvalue weighted by Gasteiger charge is -2.42. The van der Waals surface area contributed by atoms with Gasteiger partial charge in [-0.2, -0.15) is 0 Å². The summed E-state index contributed by atoms with van der Waals surface area (Å²) in [6, 6.07) is 1.99. The molecule has 1 fully saturated rings. The molecule has 0 amide bonds. The third-order valence-electron chi connectivity index (χ3n) is 3.57. The minimum Gasteiger partial charge on any atom is -0.343 e. The van der Waals surface area contributed by atoms with Crippen molar-refractivity contribution in [1.29, 1.82) is 0 Å². The van der Waals surface area contributed by atoms with Gasteiger partial charge in [0.05, 0.1) is 0 Å². The van der Waals surface area contributed by atoms with Gasteiger partial charge < -0.3 is 4.57 Å². The maximum Gasteiger partial charge on any atom is 0.151 e. The van der Waals surface area contributed by atoms with Crippen molar-refractivity contribution in [2.75, 3.05) is 0 Å². The van der Waals surface area contributed by atoms with Crippen molar-refractivity contribution in [1.82, 2.24) is 4.57 Å². The van der Waals surface area contributed by atoms with E-state index in [9.17, 15) is 4.79 Å². The van der Waals surface area contributed by atoms with Crippen LogP contribution in [0.3, 0.4) is 0 Å². The monoisotopic (exact) mass is 191 g/mol. The lowest BCUT2D eigenvalue weighted by Crippen LogP contribution is -2.38. The Morgan fingerprint density at radius 1 is 1.43 bits per heavy atom. The number of carbonyl (C=O) groups is 1. The molecule has 0 N–H and O–H groups in total. The number of aldehydes is 1. The molecule has 0 saturated heterocycles. The van der Waals surface area contributed by atoms with Gasteiger partial charge in [0.1, 0.15) is 0 Å². The lowest BCUT2D eigenvalue weighted by atomic mass is 9.78. The molecule has 0 radical (unpaired) electrons. The van der Waals surface area contributed by atoms with Crippen molar-refractivity contribution < 1.29 is 4.79 Å². The lowest BCUT2D eigenvalue weighted by molar-refractivity contribution is 0.112. The van der Waals surface area contributed by atoms with Gasteiger partial charge in [0.25, 0.3) is 0 Å². The summed E-state index contributed by atoms with van der Waals surface area (Å²) >= 11 is 0. The molecule has 2 heteroatoms. The molecule has 2 rings (SSSR count). The first-order valence-corrected chi connectivity index (χ1v) is 5.23. The van der Waals surface area contributed by atoms with Crippen LogP contribution >= 0.6 is 0 Å². The zero-order valence-electron chi connectivity index (χ0n) is 9.13. The molecule has 0 atom stereocenters. The fourth-order valence-electron chi connectivity index (χ4n) is 2.65. The Morgan fingerprint density at radius 3 is 2.43 bits per heavy atom. The van der Waals surface area contributed by atoms with E-state index in [0.29, 0.717) is 0 Å². The molecule has 14 heavy (non-hydrogen) atoms. The third kappa shape index (κ3) is 1.13. The molecule has 0 unspecified atom stereocenters. The molecule has 2 nitrogen and oxygen atoms in total. The van der Waals surface area contributed by atoms with E-state index in [1.54, 1.807) is 0 Å². The van der Waals surface area contributed by atoms with E-state index in [-0.39, 0.29) is 5.54 Å². The Labute approximate surface area is 84.9 Å². The second kappa shape index (κ2) is 2.97. The highest BCUT2D eigenvalue weighted by Gasteiger charge is 2.35. The van der Waals surface area contributed by atoms with Gasteiger partial charge in [-0.1, -0.05) is 0 Å². The first-order valence-electron chi connectivity index (χ1n) is 5.23. The molecule has 0 bridgehead atoms. The number of rotatable bonds is 2. The summed E-state index contributed by atoms with van der Waals surface area (Å²) < 4.78 is 2.33. The first kappa shape index (κ1) is 9.50. The topological polar surface area (TPSA) is 22.0 Å². The summed E-state index contributed by atoms with van der Waals surface area (Å²) in [7, 11) is 0. The van der Waals surface area contributed by atoms with Crippen LogP contribution in [0.25, 0.3) is 0 Å². The van der Waals surface area contributed by atoms with Gasteiger partial charge in [-0.25, -0.2) is 0 Å². The molecule has 76 valence electrons. The standard InChI is InChI=1S/C12H17NO/c1-9-7-11(8-14)10(2)13(9)12(3)5-4-6-12/h7-8H,4-6H2,1-3H3. The largest absolute Gasteiger partial charge is 0.343 e. The van der Waals surface area contributed by atoms with Crippen LogP contribution < -0.4 is 0 Å². The Balaban J connectivity index is 2.51. The number of hydrogen-bond acceptors (Lipinski definition) is 1. The van der Waals surface area contributed by atoms with E-state index in [0.717, 1.165) is 17.5 Å². The van der Waals surface area contributed by atoms with Crippen molar-refractivity contribution in [2.45, 2.75) is 45.6 Å². The van der Waals surface area contributed by atoms with Crippen molar-refractivity contribution >= 4 is 6.29 Å². The van der Waals surface area contributed by atoms with Crippen molar-refractivity contribution in [3.8, 4) is 0 Å². The first-order chi connectivity index (χ1) is 6.58. The quantitative estimate of drug-likeness (QED) is 0.659. The molecule has 1 aromatic rings. The molecular formula is C12H17NO. The van der Waals surface area contributed by atoms with Crippen LogP contribution in [0.2, 0.25) is 0 Å². The molecule has 1 aromatic heterocycles. The predicted molar refractivity (Wildman–Crippen MR) is 56.8 cm³/mol. The number of aromatic nitrogens is 1. The van der Waals surface area contributed by atoms with Gasteiger partial charge in [0, 0.05) is 22.5 Å². The van der Waals surface area contributed by atoms with Crippen LogP contribution in [-0.2, 0) is 5.54 Å². The average molecular weight is 191 g/mol. The van der Waals surface area contributed by atoms with Crippen LogP contribution in [0.15, 0.2) is 6.07 Å². The maximum atomic E-state index is 10.8. The van der Waals surface area contributed by atoms with Crippen LogP contribution in [0.1, 0.15) is 47.9 Å². The third-order valence-corrected chi connectivity index (χ3v) is 3.57. The molecule has 1 saturated carbocycles. The molecule has 1 heterocycles. The Hall–Kier alpha value is -1.05. The second-order valence-electron chi connectivity index (χ2n) is 4.63. The SMILES string of the molecule is Cc1cc(C=O)c(C)n1C1(C)CCC1. The Kier molecular flexibility index (Phi) is 2.02. The van der Waals surface area contributed by atoms with E-state index in [4.69, 9.17) is 0 Å². The summed E-state index contributed by atoms with van der Waals surface area (Å²) in [4.78, 5) is 10.8. The molecule has 1 aliphatic rings. The summed E-state index contributed by atoms with van der Waals surface area (Å²) in [6.07, 6.45) is 4.74. The summed E-state index contributed by atoms with van der Waals surface area (Å²) in [6.45, 7) is 6.41. The van der Waals surface area contributed by atoms with E-state index in [1.165, 1.54) is 25.0 Å². The van der Waals surface area contributed by atoms with E-state index in [2.05, 4.69) is 18.4 Å². The van der Waals surface area contributed by atoms with Gasteiger partial charge in [-0.3, -0.25) is 4.79 Å². The van der Waals surface area contributed by atoms with Gasteiger partial charge in [-0.05, 0) is 46.1 Å². The number of aryl methyl sites for hydroxylation is 1. The Bertz CT molecular complexity index is 372. The highest BCUT2D eigenvalue weighted by molar-refractivity contribution is 5.77. The van der Waals surface area contributed by atoms with Gasteiger partial charge in [0.15, 0.2) is 6.29 Å². The van der Waals surface area contributed by atoms with Crippen LogP contribution in [0.5, 0.6) is 0 Å².